The van der Waals surface area contributed by atoms with E-state index in [0.29, 0.717) is 15.0 Å². The molecule has 0 amide bonds. The molecule has 1 aliphatic carbocycles. The number of hydrogen-bond donors (Lipinski definition) is 0. The second-order valence-electron chi connectivity index (χ2n) is 7.51. The molecule has 0 heterocycles. The molecule has 0 aliphatic heterocycles. The number of rotatable bonds is 6. The number of hydrogen-bond acceptors (Lipinski definition) is 0. The minimum atomic E-state index is -0.138. The van der Waals surface area contributed by atoms with Crippen LogP contribution in [0.3, 0.4) is 0 Å². The summed E-state index contributed by atoms with van der Waals surface area (Å²) in [4.78, 5) is 0. The standard InChI is InChI=1S/C28H21ClSe2/c29-25-19-11-10-18-24(25)28(21-12-4-1-5-13-21)20-26(30-22-14-6-2-7-15-22)27(28)31-23-16-8-3-9-17-23/h1-19H,20H2. The van der Waals surface area contributed by atoms with Gasteiger partial charge in [-0.2, -0.15) is 0 Å². The molecule has 0 bridgehead atoms. The van der Waals surface area contributed by atoms with Crippen LogP contribution in [0.2, 0.25) is 5.02 Å². The molecule has 0 nitrogen and oxygen atoms in total. The van der Waals surface area contributed by atoms with Crippen molar-refractivity contribution in [3.05, 3.63) is 140 Å². The number of benzene rings is 4. The van der Waals surface area contributed by atoms with Crippen molar-refractivity contribution < 1.29 is 0 Å². The second kappa shape index (κ2) is 9.21. The topological polar surface area (TPSA) is 0 Å². The quantitative estimate of drug-likeness (QED) is 0.286. The third-order valence-corrected chi connectivity index (χ3v) is 11.7. The molecule has 0 radical (unpaired) electrons. The predicted molar refractivity (Wildman–Crippen MR) is 134 cm³/mol. The van der Waals surface area contributed by atoms with Crippen LogP contribution in [0.5, 0.6) is 0 Å². The van der Waals surface area contributed by atoms with E-state index in [2.05, 4.69) is 103 Å². The van der Waals surface area contributed by atoms with Crippen LogP contribution in [-0.4, -0.2) is 29.9 Å². The molecule has 4 aromatic carbocycles. The van der Waals surface area contributed by atoms with E-state index in [0.717, 1.165) is 11.4 Å². The van der Waals surface area contributed by atoms with Crippen LogP contribution >= 0.6 is 11.6 Å². The zero-order valence-corrected chi connectivity index (χ0v) is 21.1. The molecule has 3 heteroatoms. The first-order valence-electron chi connectivity index (χ1n) is 10.3. The Morgan fingerprint density at radius 2 is 1.10 bits per heavy atom. The fourth-order valence-corrected chi connectivity index (χ4v) is 10.2. The maximum atomic E-state index is 6.84. The van der Waals surface area contributed by atoms with Gasteiger partial charge >= 0.3 is 203 Å². The summed E-state index contributed by atoms with van der Waals surface area (Å²) in [6.07, 6.45) is 1.04. The van der Waals surface area contributed by atoms with Crippen LogP contribution in [0.1, 0.15) is 17.5 Å². The summed E-state index contributed by atoms with van der Waals surface area (Å²) in [6, 6.07) is 41.2. The van der Waals surface area contributed by atoms with Gasteiger partial charge in [-0.1, -0.05) is 0 Å². The van der Waals surface area contributed by atoms with Crippen LogP contribution < -0.4 is 8.92 Å². The van der Waals surface area contributed by atoms with Gasteiger partial charge in [-0.25, -0.2) is 0 Å². The van der Waals surface area contributed by atoms with E-state index >= 15 is 0 Å². The molecular formula is C28H21ClSe2. The summed E-state index contributed by atoms with van der Waals surface area (Å²) in [7, 11) is 0. The fourth-order valence-electron chi connectivity index (χ4n) is 4.13. The zero-order valence-electron chi connectivity index (χ0n) is 16.9. The van der Waals surface area contributed by atoms with E-state index in [9.17, 15) is 0 Å². The van der Waals surface area contributed by atoms with Gasteiger partial charge in [0, 0.05) is 0 Å². The predicted octanol–water partition coefficient (Wildman–Crippen LogP) is 5.30. The molecular weight excluding hydrogens is 530 g/mol. The first-order valence-corrected chi connectivity index (χ1v) is 14.1. The van der Waals surface area contributed by atoms with Gasteiger partial charge in [0.05, 0.1) is 0 Å². The third-order valence-electron chi connectivity index (χ3n) is 5.61. The van der Waals surface area contributed by atoms with Gasteiger partial charge in [0.25, 0.3) is 0 Å². The SMILES string of the molecule is Clc1ccccc1C1(c2ccccc2)CC([Se]c2ccccc2)=C1[Se]c1ccccc1. The number of halogens is 1. The van der Waals surface area contributed by atoms with Crippen LogP contribution in [0, 0.1) is 0 Å². The first-order chi connectivity index (χ1) is 15.3. The van der Waals surface area contributed by atoms with Gasteiger partial charge < -0.3 is 0 Å². The normalized spacial score (nSPS) is 18.0. The molecule has 1 unspecified atom stereocenters. The summed E-state index contributed by atoms with van der Waals surface area (Å²) < 4.78 is 6.05. The van der Waals surface area contributed by atoms with E-state index < -0.39 is 0 Å². The summed E-state index contributed by atoms with van der Waals surface area (Å²) in [5.74, 6) is 0. The molecule has 5 rings (SSSR count). The third kappa shape index (κ3) is 4.08. The van der Waals surface area contributed by atoms with E-state index in [4.69, 9.17) is 11.6 Å². The number of allylic oxidation sites excluding steroid dienone is 2. The average Bonchev–Trinajstić information content (AvgIpc) is 2.83. The molecule has 0 spiro atoms. The summed E-state index contributed by atoms with van der Waals surface area (Å²) >= 11 is 7.40. The van der Waals surface area contributed by atoms with Crippen molar-refractivity contribution in [2.45, 2.75) is 11.8 Å². The monoisotopic (exact) mass is 552 g/mol. The van der Waals surface area contributed by atoms with Crippen molar-refractivity contribution in [1.82, 2.24) is 0 Å². The Morgan fingerprint density at radius 3 is 1.71 bits per heavy atom. The van der Waals surface area contributed by atoms with Gasteiger partial charge in [0.2, 0.25) is 0 Å². The summed E-state index contributed by atoms with van der Waals surface area (Å²) in [6.45, 7) is 0. The Labute approximate surface area is 201 Å². The van der Waals surface area contributed by atoms with E-state index in [-0.39, 0.29) is 20.4 Å². The summed E-state index contributed by atoms with van der Waals surface area (Å²) in [5, 5.41) is 0.860. The molecule has 1 aliphatic rings. The van der Waals surface area contributed by atoms with E-state index in [1.54, 1.807) is 8.94 Å². The van der Waals surface area contributed by atoms with Crippen molar-refractivity contribution >= 4 is 50.4 Å². The fraction of sp³-hybridized carbons (Fsp3) is 0.0714. The van der Waals surface area contributed by atoms with Crippen molar-refractivity contribution in [1.29, 1.82) is 0 Å². The van der Waals surface area contributed by atoms with E-state index in [1.807, 2.05) is 12.1 Å². The Hall–Kier alpha value is -2.05. The molecule has 4 aromatic rings. The molecule has 31 heavy (non-hydrogen) atoms. The Morgan fingerprint density at radius 1 is 0.581 bits per heavy atom. The van der Waals surface area contributed by atoms with Gasteiger partial charge in [-0.15, -0.1) is 0 Å². The Balaban J connectivity index is 1.68. The molecule has 0 N–H and O–H groups in total. The Bertz CT molecular complexity index is 1200. The average molecular weight is 551 g/mol. The maximum absolute atomic E-state index is 6.84. The molecule has 1 atom stereocenters. The first kappa shape index (κ1) is 20.8. The zero-order chi connectivity index (χ0) is 21.1. The van der Waals surface area contributed by atoms with Crippen LogP contribution in [0.25, 0.3) is 0 Å². The van der Waals surface area contributed by atoms with Gasteiger partial charge in [0.1, 0.15) is 0 Å². The van der Waals surface area contributed by atoms with Crippen LogP contribution in [0.15, 0.2) is 124 Å². The molecule has 0 saturated heterocycles. The summed E-state index contributed by atoms with van der Waals surface area (Å²) in [5.41, 5.74) is 2.45. The second-order valence-corrected chi connectivity index (χ2v) is 12.6. The Kier molecular flexibility index (Phi) is 6.19. The molecule has 0 saturated carbocycles. The van der Waals surface area contributed by atoms with Crippen molar-refractivity contribution in [3.63, 3.8) is 0 Å². The minimum absolute atomic E-state index is 0.138. The van der Waals surface area contributed by atoms with Crippen LogP contribution in [0.4, 0.5) is 0 Å². The molecule has 152 valence electrons. The van der Waals surface area contributed by atoms with Gasteiger partial charge in [0.15, 0.2) is 0 Å². The van der Waals surface area contributed by atoms with Gasteiger partial charge in [-0.3, -0.25) is 0 Å². The molecule has 0 aromatic heterocycles. The van der Waals surface area contributed by atoms with E-state index in [1.165, 1.54) is 20.1 Å². The molecule has 0 fully saturated rings. The van der Waals surface area contributed by atoms with Gasteiger partial charge in [-0.05, 0) is 0 Å². The van der Waals surface area contributed by atoms with Crippen LogP contribution in [-0.2, 0) is 5.41 Å². The van der Waals surface area contributed by atoms with Crippen molar-refractivity contribution in [2.24, 2.45) is 0 Å². The van der Waals surface area contributed by atoms with Crippen molar-refractivity contribution in [2.75, 3.05) is 0 Å². The van der Waals surface area contributed by atoms with Crippen molar-refractivity contribution in [3.8, 4) is 0 Å².